The van der Waals surface area contributed by atoms with E-state index in [2.05, 4.69) is 82.4 Å². The molecule has 90 heavy (non-hydrogen) atoms. The molecule has 0 saturated carbocycles. The van der Waals surface area contributed by atoms with Crippen LogP contribution >= 0.6 is 11.8 Å². The van der Waals surface area contributed by atoms with Crippen LogP contribution < -0.4 is 63.8 Å². The number of alkyl halides is 6. The van der Waals surface area contributed by atoms with E-state index >= 15 is 0 Å². The third kappa shape index (κ3) is 44.8. The highest BCUT2D eigenvalue weighted by atomic mass is 32.2. The van der Waals surface area contributed by atoms with Crippen molar-refractivity contribution in [1.29, 1.82) is 0 Å². The van der Waals surface area contributed by atoms with Gasteiger partial charge in [-0.1, -0.05) is 25.7 Å². The van der Waals surface area contributed by atoms with Crippen LogP contribution in [0.25, 0.3) is 0 Å². The van der Waals surface area contributed by atoms with E-state index in [-0.39, 0.29) is 38.8 Å². The minimum Gasteiger partial charge on any atom is -0.386 e. The van der Waals surface area contributed by atoms with Crippen molar-refractivity contribution < 1.29 is 63.6 Å². The zero-order valence-corrected chi connectivity index (χ0v) is 57.1. The van der Waals surface area contributed by atoms with Gasteiger partial charge < -0.3 is 92.6 Å². The van der Waals surface area contributed by atoms with E-state index in [0.717, 1.165) is 91.1 Å². The molecule has 4 bridgehead atoms. The average Bonchev–Trinajstić information content (AvgIpc) is 3.31. The number of piperidine rings is 5. The summed E-state index contributed by atoms with van der Waals surface area (Å²) < 4.78 is 121. The second-order valence-electron chi connectivity index (χ2n) is 24.9. The van der Waals surface area contributed by atoms with Gasteiger partial charge in [-0.3, -0.25) is 0 Å². The number of ether oxygens (including phenoxy) is 5. The summed E-state index contributed by atoms with van der Waals surface area (Å²) in [6.45, 7) is 26.1. The summed E-state index contributed by atoms with van der Waals surface area (Å²) in [4.78, 5) is 0. The topological polar surface area (TPSA) is 245 Å². The first-order chi connectivity index (χ1) is 43.4. The number of aliphatic hydroxyl groups excluding tert-OH is 1. The summed E-state index contributed by atoms with van der Waals surface area (Å²) in [7, 11) is -1.33. The molecular weight excluding hydrogens is 1220 g/mol. The Labute approximate surface area is 543 Å². The van der Waals surface area contributed by atoms with E-state index in [1.165, 1.54) is 148 Å². The van der Waals surface area contributed by atoms with Crippen LogP contribution in [0.15, 0.2) is 0 Å². The zero-order chi connectivity index (χ0) is 65.3. The van der Waals surface area contributed by atoms with Crippen LogP contribution in [0.5, 0.6) is 0 Å². The van der Waals surface area contributed by atoms with E-state index in [0.29, 0.717) is 75.0 Å². The van der Waals surface area contributed by atoms with Crippen LogP contribution in [-0.4, -0.2) is 281 Å². The summed E-state index contributed by atoms with van der Waals surface area (Å²) in [6.07, 6.45) is 17.4. The molecule has 0 spiro atoms. The van der Waals surface area contributed by atoms with Crippen molar-refractivity contribution in [1.82, 2.24) is 63.8 Å². The maximum Gasteiger partial charge on any atom is 0.276 e. The number of rotatable bonds is 1. The van der Waals surface area contributed by atoms with Crippen molar-refractivity contribution >= 4 is 21.6 Å². The number of thioether (sulfide) groups is 1. The van der Waals surface area contributed by atoms with Crippen molar-refractivity contribution in [2.75, 3.05) is 201 Å². The molecule has 536 valence electrons. The quantitative estimate of drug-likeness (QED) is 0.167. The standard InChI is InChI=1S/C7H13N.C6H11F2NO.C6H11NO.C6H13N.C5H9F2NO.C5H9F2N.2C5H11NO.C5H11N.C4H9NO2S.C4H9NO.C4H9NS/c1-2-6-4-5-7(3-1)8-6;1-10-5-4-9-3-2-6(5,7)8;1-2-6-4-8-3-5(1)7-6;1-2-4-6-7-5-3-1;6-5(7)1-2-8-3-4(5)9;6-5(7)1-3-8-4-2-5;1-5-4-7-3-2-6-5;1-5-4-6-2-3-7-5;1-2-4-6-5-3-1;6-8(7)3-1-5-2-4-8;2*1-3-6-4-2-5-1/h6-8H,1-5H2;5,9H,2-4H2,1H3;5-7H,1-4H2;7H,1-6H2;4,8-9H,1-3H2;8H,1-4H2;2*5-6H,2-4H2,1H3;6H,1-5H2;5H,1-4H2;2*5H,1-4H2. The maximum absolute atomic E-state index is 12.7. The van der Waals surface area contributed by atoms with E-state index in [1.807, 2.05) is 11.8 Å². The fourth-order valence-corrected chi connectivity index (χ4v) is 12.9. The number of halogens is 6. The molecular formula is C62H126F6N12O8S2. The number of hydrogen-bond donors (Lipinski definition) is 13. The lowest BCUT2D eigenvalue weighted by molar-refractivity contribution is -0.138. The van der Waals surface area contributed by atoms with E-state index in [4.69, 9.17) is 24.1 Å². The molecule has 0 aromatic heterocycles. The van der Waals surface area contributed by atoms with Gasteiger partial charge in [-0.2, -0.15) is 11.8 Å². The number of aliphatic hydroxyl groups is 1. The van der Waals surface area contributed by atoms with Gasteiger partial charge in [0, 0.05) is 173 Å². The molecule has 14 fully saturated rings. The Morgan fingerprint density at radius 1 is 0.456 bits per heavy atom. The molecule has 0 radical (unpaired) electrons. The highest BCUT2D eigenvalue weighted by Crippen LogP contribution is 2.28. The largest absolute Gasteiger partial charge is 0.386 e. The summed E-state index contributed by atoms with van der Waals surface area (Å²) in [5.74, 6) is -4.66. The first-order valence-corrected chi connectivity index (χ1v) is 37.5. The molecule has 14 aliphatic rings. The maximum atomic E-state index is 12.7. The third-order valence-corrected chi connectivity index (χ3v) is 19.3. The fraction of sp³-hybridized carbons (Fsp3) is 1.00. The van der Waals surface area contributed by atoms with Gasteiger partial charge in [-0.25, -0.2) is 34.8 Å². The first kappa shape index (κ1) is 83.4. The van der Waals surface area contributed by atoms with Gasteiger partial charge in [0.1, 0.15) is 12.2 Å². The summed E-state index contributed by atoms with van der Waals surface area (Å²) in [6, 6.07) is 3.76. The Bertz CT molecular complexity index is 1610. The smallest absolute Gasteiger partial charge is 0.276 e. The number of nitrogens with one attached hydrogen (secondary N) is 12. The monoisotopic (exact) mass is 1340 g/mol. The summed E-state index contributed by atoms with van der Waals surface area (Å²) in [5.41, 5.74) is 0. The molecule has 14 rings (SSSR count). The predicted octanol–water partition coefficient (Wildman–Crippen LogP) is 3.87. The molecule has 0 aromatic rings. The third-order valence-electron chi connectivity index (χ3n) is 16.7. The minimum absolute atomic E-state index is 0.00694. The molecule has 28 heteroatoms. The van der Waals surface area contributed by atoms with Crippen LogP contribution in [0.4, 0.5) is 26.3 Å². The normalized spacial score (nSPS) is 31.7. The molecule has 0 aromatic carbocycles. The van der Waals surface area contributed by atoms with Gasteiger partial charge in [0.2, 0.25) is 0 Å². The average molecular weight is 1350 g/mol. The van der Waals surface area contributed by atoms with Crippen LogP contribution in [-0.2, 0) is 33.5 Å². The molecule has 0 aliphatic carbocycles. The molecule has 8 unspecified atom stereocenters. The number of morpholine rings is 4. The Balaban J connectivity index is 0.000000257. The second-order valence-corrected chi connectivity index (χ2v) is 28.5. The first-order valence-electron chi connectivity index (χ1n) is 34.5. The van der Waals surface area contributed by atoms with E-state index in [9.17, 15) is 34.8 Å². The van der Waals surface area contributed by atoms with Gasteiger partial charge in [0.05, 0.1) is 63.9 Å². The zero-order valence-electron chi connectivity index (χ0n) is 55.4. The summed E-state index contributed by atoms with van der Waals surface area (Å²) in [5, 5.41) is 46.5. The fourth-order valence-electron chi connectivity index (χ4n) is 11.0. The van der Waals surface area contributed by atoms with Crippen LogP contribution in [0.2, 0.25) is 0 Å². The Morgan fingerprint density at radius 3 is 1.23 bits per heavy atom. The second kappa shape index (κ2) is 52.3. The van der Waals surface area contributed by atoms with Gasteiger partial charge >= 0.3 is 0 Å². The SMILES string of the molecule is C1CC2CCC(C1)N2.C1CC2COCC1N2.C1CCCNCC1.C1CCNCC1.C1COCCN1.C1CSCCN1.CC1CNCCO1.CC1COCCN1.COC1CNCCC1(F)F.FC1(F)CCNCC1.O=S1(=O)CCNCC1.OC1CNCCC1(F)F. The molecule has 20 nitrogen and oxygen atoms in total. The molecule has 14 aliphatic heterocycles. The predicted molar refractivity (Wildman–Crippen MR) is 353 cm³/mol. The summed E-state index contributed by atoms with van der Waals surface area (Å²) >= 11 is 2.03. The lowest BCUT2D eigenvalue weighted by Crippen LogP contribution is -2.49. The number of β-amino-alcohol motifs (C(OH)–C–C–N with tert-alkyl or cyclic N) is 1. The number of hydrogen-bond acceptors (Lipinski definition) is 21. The molecule has 0 amide bonds. The Kier molecular flexibility index (Phi) is 48.5. The van der Waals surface area contributed by atoms with Gasteiger partial charge in [-0.15, -0.1) is 0 Å². The molecule has 8 atom stereocenters. The van der Waals surface area contributed by atoms with Crippen molar-refractivity contribution in [2.45, 2.75) is 196 Å². The van der Waals surface area contributed by atoms with Crippen LogP contribution in [0.3, 0.4) is 0 Å². The number of methoxy groups -OCH3 is 1. The molecule has 13 N–H and O–H groups in total. The van der Waals surface area contributed by atoms with Gasteiger partial charge in [0.15, 0.2) is 9.84 Å². The van der Waals surface area contributed by atoms with E-state index < -0.39 is 39.8 Å². The highest BCUT2D eigenvalue weighted by molar-refractivity contribution is 7.99. The molecule has 14 heterocycles. The van der Waals surface area contributed by atoms with E-state index in [1.54, 1.807) is 0 Å². The highest BCUT2D eigenvalue weighted by Gasteiger charge is 2.42. The van der Waals surface area contributed by atoms with Crippen molar-refractivity contribution in [3.8, 4) is 0 Å². The Hall–Kier alpha value is -0.840. The van der Waals surface area contributed by atoms with Crippen molar-refractivity contribution in [3.63, 3.8) is 0 Å². The van der Waals surface area contributed by atoms with Crippen molar-refractivity contribution in [3.05, 3.63) is 0 Å². The van der Waals surface area contributed by atoms with Crippen LogP contribution in [0, 0.1) is 0 Å². The number of sulfone groups is 1. The molecule has 14 saturated heterocycles. The van der Waals surface area contributed by atoms with Crippen molar-refractivity contribution in [2.24, 2.45) is 0 Å². The minimum atomic E-state index is -2.87. The lowest BCUT2D eigenvalue weighted by atomic mass is 10.1. The van der Waals surface area contributed by atoms with Crippen LogP contribution in [0.1, 0.15) is 129 Å². The number of fused-ring (bicyclic) bond motifs is 4. The lowest BCUT2D eigenvalue weighted by Gasteiger charge is -2.30. The Morgan fingerprint density at radius 2 is 0.922 bits per heavy atom. The van der Waals surface area contributed by atoms with Gasteiger partial charge in [-0.05, 0) is 104 Å². The van der Waals surface area contributed by atoms with Gasteiger partial charge in [0.25, 0.3) is 17.8 Å².